The highest BCUT2D eigenvalue weighted by atomic mass is 16.6. The topological polar surface area (TPSA) is 355 Å². The number of fused-ring (bicyclic) bond motifs is 5. The van der Waals surface area contributed by atoms with E-state index in [1.807, 2.05) is 0 Å². The van der Waals surface area contributed by atoms with E-state index in [9.17, 15) is 48.6 Å². The fourth-order valence-electron chi connectivity index (χ4n) is 13.1. The van der Waals surface area contributed by atoms with E-state index in [2.05, 4.69) is 10.6 Å². The van der Waals surface area contributed by atoms with Crippen LogP contribution in [0.25, 0.3) is 0 Å². The molecule has 2 amide bonds. The summed E-state index contributed by atoms with van der Waals surface area (Å²) in [6.07, 6.45) is -13.3. The van der Waals surface area contributed by atoms with Crippen LogP contribution in [0.2, 0.25) is 0 Å². The third-order valence-corrected chi connectivity index (χ3v) is 17.8. The van der Waals surface area contributed by atoms with Crippen LogP contribution in [0.3, 0.4) is 0 Å². The summed E-state index contributed by atoms with van der Waals surface area (Å²) in [6.45, 7) is 6.55. The van der Waals surface area contributed by atoms with Gasteiger partial charge in [0.1, 0.15) is 60.2 Å². The number of aliphatic hydroxyl groups is 1. The highest BCUT2D eigenvalue weighted by molar-refractivity contribution is 5.96. The SMILES string of the molecule is COCCOCCOCCOCC(=O)N[C@H](CCC(=O)O)C(=O)N[C@@H](c1ccccc1)[C@@H](OC(=O)COc1ccccc1)C(=O)O[C@H]1C[C@@]2(O)[C@@H](OC(=O)c3ccccc3)[C@@H]3[C@]4(OC(C)=O)CO[C@@H]4C[C@H](OC(=O)COc4ccccc4)[C@@]3(C)C(=O)[C@H](OC(C)=O)C(=C1C)C2(C)C. The standard InChI is InChI=1S/C70H82N2O25/c1-42-50(93-66(83)60(95-56(79)40-90-48-26-18-11-19-27-48)58(45-20-12-8-13-21-45)72-64(81)49(28-29-54(76)77)71-53(75)38-88-35-34-87-33-32-86-31-30-85-7)37-70(84)63(96-65(82)46-22-14-9-15-23-46)61-68(6,62(80)59(92-43(2)73)57(42)67(70,4)5)51(36-52-69(61,41-91-52)97-44(3)74)94-55(78)39-89-47-24-16-10-17-25-47/h8-27,49-52,58-61,63,84H,28-41H2,1-7H3,(H,71,75)(H,72,81)(H,76,77)/t49-,50+,51+,52-,58+,59-,60-,61+,63+,68-,69+,70-/m1/s1. The number of rotatable bonds is 33. The molecule has 2 saturated carbocycles. The van der Waals surface area contributed by atoms with Crippen molar-refractivity contribution in [2.75, 3.05) is 73.2 Å². The highest BCUT2D eigenvalue weighted by Gasteiger charge is 2.79. The van der Waals surface area contributed by atoms with Crippen LogP contribution < -0.4 is 20.1 Å². The van der Waals surface area contributed by atoms with E-state index in [1.165, 1.54) is 71.2 Å². The van der Waals surface area contributed by atoms with Gasteiger partial charge in [-0.25, -0.2) is 19.2 Å². The van der Waals surface area contributed by atoms with Gasteiger partial charge in [0.15, 0.2) is 30.7 Å². The molecule has 4 N–H and O–H groups in total. The van der Waals surface area contributed by atoms with Gasteiger partial charge in [-0.3, -0.25) is 28.8 Å². The number of ketones is 1. The lowest BCUT2D eigenvalue weighted by atomic mass is 9.44. The summed E-state index contributed by atoms with van der Waals surface area (Å²) in [5, 5.41) is 29.4. The van der Waals surface area contributed by atoms with E-state index in [4.69, 9.17) is 61.6 Å². The molecular formula is C70H82N2O25. The number of amides is 2. The molecule has 97 heavy (non-hydrogen) atoms. The van der Waals surface area contributed by atoms with E-state index in [1.54, 1.807) is 84.9 Å². The van der Waals surface area contributed by atoms with Crippen LogP contribution in [-0.2, 0) is 95.3 Å². The zero-order chi connectivity index (χ0) is 70.1. The van der Waals surface area contributed by atoms with Crippen molar-refractivity contribution in [1.82, 2.24) is 10.6 Å². The molecule has 27 nitrogen and oxygen atoms in total. The van der Waals surface area contributed by atoms with Crippen LogP contribution in [0.5, 0.6) is 11.5 Å². The number of aliphatic carboxylic acids is 1. The van der Waals surface area contributed by atoms with Crippen LogP contribution >= 0.6 is 0 Å². The Kier molecular flexibility index (Phi) is 25.2. The van der Waals surface area contributed by atoms with Gasteiger partial charge in [-0.2, -0.15) is 0 Å². The van der Waals surface area contributed by atoms with E-state index >= 15 is 9.59 Å². The minimum atomic E-state index is -2.67. The Hall–Kier alpha value is -9.12. The summed E-state index contributed by atoms with van der Waals surface area (Å²) in [7, 11) is 1.54. The van der Waals surface area contributed by atoms with Gasteiger partial charge in [-0.1, -0.05) is 98.8 Å². The van der Waals surface area contributed by atoms with Gasteiger partial charge in [0.05, 0.1) is 63.1 Å². The molecule has 3 fully saturated rings. The zero-order valence-electron chi connectivity index (χ0n) is 54.9. The van der Waals surface area contributed by atoms with Gasteiger partial charge in [0.25, 0.3) is 0 Å². The molecule has 12 atom stereocenters. The molecule has 1 aliphatic heterocycles. The number of para-hydroxylation sites is 2. The Labute approximate surface area is 559 Å². The quantitative estimate of drug-likeness (QED) is 0.0217. The smallest absolute Gasteiger partial charge is 0.350 e. The molecule has 0 spiro atoms. The maximum atomic E-state index is 16.6. The van der Waals surface area contributed by atoms with Crippen molar-refractivity contribution in [3.63, 3.8) is 0 Å². The molecule has 522 valence electrons. The van der Waals surface area contributed by atoms with Gasteiger partial charge < -0.3 is 82.4 Å². The molecular weight excluding hydrogens is 1270 g/mol. The minimum absolute atomic E-state index is 0.0204. The number of carbonyl (C=O) groups excluding carboxylic acids is 9. The molecule has 2 bridgehead atoms. The number of carbonyl (C=O) groups is 10. The fourth-order valence-corrected chi connectivity index (χ4v) is 13.1. The molecule has 4 aliphatic rings. The average molecular weight is 1350 g/mol. The number of Topliss-reactive ketones (excluding diaryl/α,β-unsaturated/α-hetero) is 1. The molecule has 1 saturated heterocycles. The number of ether oxygens (including phenoxy) is 13. The van der Waals surface area contributed by atoms with Gasteiger partial charge >= 0.3 is 41.8 Å². The van der Waals surface area contributed by atoms with Crippen molar-refractivity contribution in [3.05, 3.63) is 144 Å². The normalized spacial score (nSPS) is 24.6. The van der Waals surface area contributed by atoms with Gasteiger partial charge in [0.2, 0.25) is 17.9 Å². The second-order valence-corrected chi connectivity index (χ2v) is 24.5. The third kappa shape index (κ3) is 17.5. The molecule has 0 radical (unpaired) electrons. The van der Waals surface area contributed by atoms with E-state index in [0.29, 0.717) is 19.0 Å². The predicted octanol–water partition coefficient (Wildman–Crippen LogP) is 4.73. The van der Waals surface area contributed by atoms with Crippen LogP contribution in [0.15, 0.2) is 132 Å². The second-order valence-electron chi connectivity index (χ2n) is 24.5. The van der Waals surface area contributed by atoms with E-state index in [-0.39, 0.29) is 60.9 Å². The van der Waals surface area contributed by atoms with Crippen molar-refractivity contribution < 1.29 is 120 Å². The van der Waals surface area contributed by atoms with Crippen LogP contribution in [0, 0.1) is 16.7 Å². The first kappa shape index (κ1) is 73.7. The number of hydrogen-bond donors (Lipinski definition) is 4. The van der Waals surface area contributed by atoms with Crippen LogP contribution in [0.4, 0.5) is 0 Å². The van der Waals surface area contributed by atoms with Crippen molar-refractivity contribution in [3.8, 4) is 11.5 Å². The summed E-state index contributed by atoms with van der Waals surface area (Å²) in [5.74, 6) is -12.1. The highest BCUT2D eigenvalue weighted by Crippen LogP contribution is 2.65. The number of benzene rings is 4. The zero-order valence-corrected chi connectivity index (χ0v) is 54.9. The maximum absolute atomic E-state index is 16.6. The van der Waals surface area contributed by atoms with E-state index < -0.39 is 182 Å². The summed E-state index contributed by atoms with van der Waals surface area (Å²) in [4.78, 5) is 143. The summed E-state index contributed by atoms with van der Waals surface area (Å²) in [5.41, 5.74) is -9.04. The fraction of sp³-hybridized carbons (Fsp3) is 0.486. The number of carboxylic acids is 1. The first-order chi connectivity index (χ1) is 46.3. The Morgan fingerprint density at radius 3 is 1.79 bits per heavy atom. The first-order valence-electron chi connectivity index (χ1n) is 31.6. The Balaban J connectivity index is 1.22. The predicted molar refractivity (Wildman–Crippen MR) is 337 cm³/mol. The van der Waals surface area contributed by atoms with Gasteiger partial charge in [0, 0.05) is 45.6 Å². The number of carboxylic acid groups (broad SMARTS) is 1. The lowest BCUT2D eigenvalue weighted by molar-refractivity contribution is -0.346. The number of hydrogen-bond acceptors (Lipinski definition) is 24. The van der Waals surface area contributed by atoms with Crippen molar-refractivity contribution in [1.29, 1.82) is 0 Å². The molecule has 1 heterocycles. The Bertz CT molecular complexity index is 3460. The molecule has 0 aromatic heterocycles. The van der Waals surface area contributed by atoms with Crippen molar-refractivity contribution >= 4 is 59.4 Å². The Morgan fingerprint density at radius 2 is 1.24 bits per heavy atom. The lowest BCUT2D eigenvalue weighted by Gasteiger charge is -2.67. The third-order valence-electron chi connectivity index (χ3n) is 17.8. The summed E-state index contributed by atoms with van der Waals surface area (Å²) < 4.78 is 76.6. The van der Waals surface area contributed by atoms with E-state index in [0.717, 1.165) is 13.8 Å². The minimum Gasteiger partial charge on any atom is -0.482 e. The molecule has 3 aliphatic carbocycles. The maximum Gasteiger partial charge on any atom is 0.350 e. The average Bonchev–Trinajstić information content (AvgIpc) is 0.669. The Morgan fingerprint density at radius 1 is 0.670 bits per heavy atom. The number of esters is 6. The summed E-state index contributed by atoms with van der Waals surface area (Å²) in [6, 6.07) is 28.1. The number of methoxy groups -OCH3 is 1. The molecule has 27 heteroatoms. The second kappa shape index (κ2) is 33.2. The molecule has 4 aromatic rings. The van der Waals surface area contributed by atoms with Crippen molar-refractivity contribution in [2.24, 2.45) is 16.7 Å². The molecule has 4 aromatic carbocycles. The number of nitrogens with one attached hydrogen (secondary N) is 2. The lowest BCUT2D eigenvalue weighted by Crippen LogP contribution is -2.82. The van der Waals surface area contributed by atoms with Gasteiger partial charge in [-0.05, 0) is 73.4 Å². The monoisotopic (exact) mass is 1350 g/mol. The van der Waals surface area contributed by atoms with Crippen LogP contribution in [-0.4, -0.2) is 197 Å². The molecule has 8 rings (SSSR count). The summed E-state index contributed by atoms with van der Waals surface area (Å²) >= 11 is 0. The molecule has 0 unspecified atom stereocenters. The largest absolute Gasteiger partial charge is 0.482 e. The van der Waals surface area contributed by atoms with Crippen molar-refractivity contribution in [2.45, 2.75) is 127 Å². The van der Waals surface area contributed by atoms with Gasteiger partial charge in [-0.15, -0.1) is 0 Å². The van der Waals surface area contributed by atoms with Crippen LogP contribution in [0.1, 0.15) is 89.2 Å². The first-order valence-corrected chi connectivity index (χ1v) is 31.6.